The molecule has 187 valence electrons. The van der Waals surface area contributed by atoms with E-state index in [0.717, 1.165) is 6.54 Å². The van der Waals surface area contributed by atoms with Gasteiger partial charge in [-0.05, 0) is 50.5 Å². The van der Waals surface area contributed by atoms with Gasteiger partial charge in [-0.3, -0.25) is 0 Å². The molecule has 0 fully saturated rings. The van der Waals surface area contributed by atoms with Crippen LogP contribution < -0.4 is 15.9 Å². The Labute approximate surface area is 229 Å². The van der Waals surface area contributed by atoms with Crippen molar-refractivity contribution in [3.8, 4) is 0 Å². The summed E-state index contributed by atoms with van der Waals surface area (Å²) in [5, 5.41) is 4.31. The molecule has 0 amide bonds. The molecule has 0 saturated heterocycles. The van der Waals surface area contributed by atoms with Gasteiger partial charge in [-0.1, -0.05) is 80.8 Å². The predicted molar refractivity (Wildman–Crippen MR) is 154 cm³/mol. The van der Waals surface area contributed by atoms with Crippen LogP contribution in [0.5, 0.6) is 0 Å². The molecular formula is C31H36ClNPPt. The first-order chi connectivity index (χ1) is 16.8. The van der Waals surface area contributed by atoms with Gasteiger partial charge in [-0.25, -0.2) is 0 Å². The third-order valence-corrected chi connectivity index (χ3v) is 8.15. The second-order valence-corrected chi connectivity index (χ2v) is 12.0. The smallest absolute Gasteiger partial charge is 0.0620 e. The number of hydrogen-bond donors (Lipinski definition) is 0. The molecular weight excluding hydrogens is 648 g/mol. The topological polar surface area (TPSA) is 3.24 Å². The molecule has 0 aromatic heterocycles. The van der Waals surface area contributed by atoms with Crippen molar-refractivity contribution in [2.75, 3.05) is 14.1 Å². The van der Waals surface area contributed by atoms with Gasteiger partial charge in [0.2, 0.25) is 0 Å². The number of hydrogen-bond acceptors (Lipinski definition) is 1. The fraction of sp³-hybridized carbons (Fsp3) is 0.226. The van der Waals surface area contributed by atoms with E-state index in [2.05, 4.69) is 164 Å². The molecule has 35 heavy (non-hydrogen) atoms. The van der Waals surface area contributed by atoms with E-state index in [9.17, 15) is 0 Å². The Morgan fingerprint density at radius 1 is 0.686 bits per heavy atom. The first kappa shape index (κ1) is 29.5. The van der Waals surface area contributed by atoms with Crippen LogP contribution in [-0.2, 0) is 30.7 Å². The molecule has 4 heteroatoms. The molecule has 0 aliphatic heterocycles. The molecule has 0 heterocycles. The van der Waals surface area contributed by atoms with Crippen molar-refractivity contribution in [1.29, 1.82) is 0 Å². The van der Waals surface area contributed by atoms with Crippen molar-refractivity contribution in [2.45, 2.75) is 32.7 Å². The van der Waals surface area contributed by atoms with Crippen LogP contribution in [0.3, 0.4) is 0 Å². The van der Waals surface area contributed by atoms with Crippen LogP contribution in [0.15, 0.2) is 109 Å². The van der Waals surface area contributed by atoms with Gasteiger partial charge in [-0.15, -0.1) is 5.56 Å². The van der Waals surface area contributed by atoms with Gasteiger partial charge < -0.3 is 4.90 Å². The maximum atomic E-state index is 4.61. The van der Waals surface area contributed by atoms with E-state index in [-0.39, 0.29) is 5.41 Å². The minimum absolute atomic E-state index is 0.229. The van der Waals surface area contributed by atoms with Gasteiger partial charge in [-0.2, -0.15) is 29.8 Å². The number of benzene rings is 4. The third-order valence-electron chi connectivity index (χ3n) is 5.42. The molecule has 0 unspecified atom stereocenters. The van der Waals surface area contributed by atoms with Crippen LogP contribution in [0, 0.1) is 6.07 Å². The molecule has 0 aliphatic carbocycles. The molecule has 4 aromatic carbocycles. The zero-order valence-corrected chi connectivity index (χ0v) is 25.3. The van der Waals surface area contributed by atoms with E-state index in [1.165, 1.54) is 27.0 Å². The Morgan fingerprint density at radius 3 is 1.37 bits per heavy atom. The molecule has 0 spiro atoms. The van der Waals surface area contributed by atoms with Crippen LogP contribution in [0.1, 0.15) is 31.9 Å². The maximum absolute atomic E-state index is 4.61. The van der Waals surface area contributed by atoms with Crippen LogP contribution in [0.4, 0.5) is 0 Å². The summed E-state index contributed by atoms with van der Waals surface area (Å²) in [6, 6.07) is 42.3. The molecule has 0 bridgehead atoms. The van der Waals surface area contributed by atoms with E-state index in [4.69, 9.17) is 0 Å². The van der Waals surface area contributed by atoms with Crippen molar-refractivity contribution in [3.05, 3.63) is 126 Å². The summed E-state index contributed by atoms with van der Waals surface area (Å²) in [4.78, 5) is 2.16. The minimum atomic E-state index is -0.877. The monoisotopic (exact) mass is 683 g/mol. The summed E-state index contributed by atoms with van der Waals surface area (Å²) < 4.78 is 0. The van der Waals surface area contributed by atoms with Crippen LogP contribution in [0.25, 0.3) is 0 Å². The average Bonchev–Trinajstić information content (AvgIpc) is 2.87. The van der Waals surface area contributed by atoms with Crippen LogP contribution >= 0.6 is 17.3 Å². The molecule has 0 atom stereocenters. The number of rotatable bonds is 5. The summed E-state index contributed by atoms with van der Waals surface area (Å²) in [6.07, 6.45) is 0. The second kappa shape index (κ2) is 15.4. The predicted octanol–water partition coefficient (Wildman–Crippen LogP) is 6.71. The van der Waals surface area contributed by atoms with Crippen molar-refractivity contribution in [2.24, 2.45) is 0 Å². The van der Waals surface area contributed by atoms with Gasteiger partial charge in [0.25, 0.3) is 0 Å². The Kier molecular flexibility index (Phi) is 13.0. The van der Waals surface area contributed by atoms with E-state index in [1.807, 2.05) is 0 Å². The first-order valence-corrected chi connectivity index (χ1v) is 16.0. The van der Waals surface area contributed by atoms with Crippen molar-refractivity contribution in [3.63, 3.8) is 0 Å². The first-order valence-electron chi connectivity index (χ1n) is 11.7. The Balaban J connectivity index is 0.000000241. The number of nitrogens with zero attached hydrogens (tertiary/aromatic N) is 1. The van der Waals surface area contributed by atoms with Gasteiger partial charge >= 0.3 is 28.2 Å². The van der Waals surface area contributed by atoms with Crippen LogP contribution in [-0.4, -0.2) is 19.0 Å². The van der Waals surface area contributed by atoms with Crippen molar-refractivity contribution >= 4 is 33.3 Å². The fourth-order valence-corrected chi connectivity index (χ4v) is 6.25. The second-order valence-electron chi connectivity index (χ2n) is 9.56. The zero-order valence-electron chi connectivity index (χ0n) is 21.2. The maximum Gasteiger partial charge on any atom is 0.102 e. The van der Waals surface area contributed by atoms with E-state index in [1.54, 1.807) is 18.8 Å². The minimum Gasteiger partial charge on any atom is -0.0620 e. The van der Waals surface area contributed by atoms with E-state index >= 15 is 0 Å². The average molecular weight is 684 g/mol. The van der Waals surface area contributed by atoms with Gasteiger partial charge in [0.05, 0.1) is 7.92 Å². The standard InChI is InChI=1S/C18H15P.C13H20N.ClH.Pt/c1-4-10-16(11-5-1)19(17-12-6-2-7-13-17)18-14-8-3-9-15-18;1-13(2,3)12-8-6-11(7-9-12)10-14(4)5;;/h1-15H;6,8-9H,10H2,1-5H3;1H;/q;-1;;+1. The molecule has 0 aliphatic rings. The normalized spacial score (nSPS) is 10.8. The molecule has 4 rings (SSSR count). The SMILES string of the molecule is CN(C)Cc1[c-]cc(C(C)(C)C)cc1.[Cl][Pt].c1ccc([PH+](c2ccccc2)c2ccccc2)cc1. The summed E-state index contributed by atoms with van der Waals surface area (Å²) in [6.45, 7) is 7.63. The Hall–Kier alpha value is -1.75. The number of halogens is 1. The van der Waals surface area contributed by atoms with Crippen molar-refractivity contribution < 1.29 is 18.8 Å². The van der Waals surface area contributed by atoms with Crippen LogP contribution in [0.2, 0.25) is 0 Å². The summed E-state index contributed by atoms with van der Waals surface area (Å²) in [5.41, 5.74) is 2.83. The molecule has 1 nitrogen and oxygen atoms in total. The molecule has 4 aromatic rings. The van der Waals surface area contributed by atoms with E-state index < -0.39 is 7.92 Å². The van der Waals surface area contributed by atoms with Crippen molar-refractivity contribution in [1.82, 2.24) is 4.90 Å². The molecule has 0 radical (unpaired) electrons. The summed E-state index contributed by atoms with van der Waals surface area (Å²) in [5.74, 6) is 0. The fourth-order valence-electron chi connectivity index (χ4n) is 3.68. The largest absolute Gasteiger partial charge is 0.102 e. The quantitative estimate of drug-likeness (QED) is 0.167. The third kappa shape index (κ3) is 10.0. The Morgan fingerprint density at radius 2 is 1.09 bits per heavy atom. The van der Waals surface area contributed by atoms with Gasteiger partial charge in [0.15, 0.2) is 0 Å². The molecule has 0 N–H and O–H groups in total. The molecule has 0 saturated carbocycles. The Bertz CT molecular complexity index is 986. The van der Waals surface area contributed by atoms with E-state index in [0.29, 0.717) is 0 Å². The van der Waals surface area contributed by atoms with Gasteiger partial charge in [0.1, 0.15) is 15.9 Å². The van der Waals surface area contributed by atoms with Gasteiger partial charge in [0, 0.05) is 6.54 Å². The summed E-state index contributed by atoms with van der Waals surface area (Å²) in [7, 11) is 7.88. The zero-order chi connectivity index (χ0) is 25.7. The summed E-state index contributed by atoms with van der Waals surface area (Å²) >= 11 is 1.61.